The fraction of sp³-hybridized carbons (Fsp3) is 0.348. The van der Waals surface area contributed by atoms with E-state index in [2.05, 4.69) is 14.8 Å². The first-order valence-electron chi connectivity index (χ1n) is 10.4. The smallest absolute Gasteiger partial charge is 0.337 e. The Morgan fingerprint density at radius 3 is 2.21 bits per heavy atom. The van der Waals surface area contributed by atoms with Crippen LogP contribution in [0.1, 0.15) is 15.9 Å². The number of carbonyl (C=O) groups is 1. The van der Waals surface area contributed by atoms with Crippen molar-refractivity contribution in [3.63, 3.8) is 0 Å². The molecule has 2 heterocycles. The Labute approximate surface area is 198 Å². The number of nitrogens with zero attached hydrogens (tertiary/aromatic N) is 4. The Balaban J connectivity index is 0.00000306. The Morgan fingerprint density at radius 2 is 1.61 bits per heavy atom. The van der Waals surface area contributed by atoms with Gasteiger partial charge in [0.2, 0.25) is 5.95 Å². The van der Waals surface area contributed by atoms with Crippen LogP contribution in [0.4, 0.5) is 11.8 Å². The third kappa shape index (κ3) is 5.20. The molecule has 1 fully saturated rings. The summed E-state index contributed by atoms with van der Waals surface area (Å²) in [4.78, 5) is 25.3. The molecule has 0 radical (unpaired) electrons. The predicted molar refractivity (Wildman–Crippen MR) is 130 cm³/mol. The second-order valence-corrected chi connectivity index (χ2v) is 7.58. The summed E-state index contributed by atoms with van der Waals surface area (Å²) in [6.07, 6.45) is 0. The third-order valence-electron chi connectivity index (χ3n) is 5.66. The second-order valence-electron chi connectivity index (χ2n) is 7.58. The quantitative estimate of drug-likeness (QED) is 0.541. The van der Waals surface area contributed by atoms with E-state index in [0.29, 0.717) is 28.8 Å². The zero-order valence-corrected chi connectivity index (χ0v) is 19.7. The number of nitrogen functional groups attached to an aromatic ring is 1. The summed E-state index contributed by atoms with van der Waals surface area (Å²) in [7, 11) is 4.56. The van der Waals surface area contributed by atoms with Crippen LogP contribution in [0.2, 0.25) is 0 Å². The molecule has 3 aromatic rings. The molecule has 10 heteroatoms. The van der Waals surface area contributed by atoms with Gasteiger partial charge in [-0.2, -0.15) is 4.98 Å². The van der Waals surface area contributed by atoms with E-state index in [1.54, 1.807) is 32.4 Å². The van der Waals surface area contributed by atoms with Crippen molar-refractivity contribution in [3.8, 4) is 11.5 Å². The summed E-state index contributed by atoms with van der Waals surface area (Å²) >= 11 is 0. The van der Waals surface area contributed by atoms with E-state index in [4.69, 9.17) is 24.9 Å². The van der Waals surface area contributed by atoms with Crippen LogP contribution in [-0.4, -0.2) is 68.3 Å². The molecule has 33 heavy (non-hydrogen) atoms. The number of ether oxygens (including phenoxy) is 3. The molecular formula is C23H28ClN5O4. The van der Waals surface area contributed by atoms with Crippen molar-refractivity contribution in [1.82, 2.24) is 14.9 Å². The van der Waals surface area contributed by atoms with E-state index >= 15 is 0 Å². The number of piperazine rings is 1. The van der Waals surface area contributed by atoms with Crippen molar-refractivity contribution >= 4 is 41.0 Å². The molecule has 0 saturated carbocycles. The van der Waals surface area contributed by atoms with E-state index in [1.165, 1.54) is 7.11 Å². The predicted octanol–water partition coefficient (Wildman–Crippen LogP) is 2.76. The second kappa shape index (κ2) is 10.5. The van der Waals surface area contributed by atoms with Crippen LogP contribution in [0, 0.1) is 0 Å². The lowest BCUT2D eigenvalue weighted by Crippen LogP contribution is -2.46. The molecule has 1 aromatic heterocycles. The van der Waals surface area contributed by atoms with Crippen molar-refractivity contribution < 1.29 is 19.0 Å². The fourth-order valence-electron chi connectivity index (χ4n) is 3.84. The fourth-order valence-corrected chi connectivity index (χ4v) is 3.84. The number of rotatable bonds is 6. The minimum Gasteiger partial charge on any atom is -0.493 e. The summed E-state index contributed by atoms with van der Waals surface area (Å²) in [5.41, 5.74) is 8.66. The Bertz CT molecular complexity index is 1120. The largest absolute Gasteiger partial charge is 0.493 e. The molecule has 0 bridgehead atoms. The van der Waals surface area contributed by atoms with E-state index in [-0.39, 0.29) is 18.4 Å². The van der Waals surface area contributed by atoms with Crippen LogP contribution >= 0.6 is 12.4 Å². The molecule has 9 nitrogen and oxygen atoms in total. The lowest BCUT2D eigenvalue weighted by Gasteiger charge is -2.34. The van der Waals surface area contributed by atoms with Crippen LogP contribution in [0.15, 0.2) is 36.4 Å². The van der Waals surface area contributed by atoms with Gasteiger partial charge in [0.1, 0.15) is 5.82 Å². The molecule has 2 N–H and O–H groups in total. The van der Waals surface area contributed by atoms with Crippen molar-refractivity contribution in [3.05, 3.63) is 47.5 Å². The van der Waals surface area contributed by atoms with E-state index in [1.807, 2.05) is 18.2 Å². The van der Waals surface area contributed by atoms with Crippen LogP contribution < -0.4 is 20.1 Å². The van der Waals surface area contributed by atoms with E-state index in [0.717, 1.165) is 49.2 Å². The summed E-state index contributed by atoms with van der Waals surface area (Å²) < 4.78 is 15.5. The molecule has 176 valence electrons. The summed E-state index contributed by atoms with van der Waals surface area (Å²) in [6, 6.07) is 11.2. The molecule has 2 aromatic carbocycles. The van der Waals surface area contributed by atoms with Gasteiger partial charge in [0.15, 0.2) is 11.5 Å². The SMILES string of the molecule is COC(=O)c1ccc(CN2CCN(c3nc(N)c4cc(OC)c(OC)cc4n3)CC2)cc1.Cl. The summed E-state index contributed by atoms with van der Waals surface area (Å²) in [6.45, 7) is 4.13. The summed E-state index contributed by atoms with van der Waals surface area (Å²) in [5.74, 6) is 1.91. The van der Waals surface area contributed by atoms with Gasteiger partial charge in [-0.3, -0.25) is 4.90 Å². The maximum atomic E-state index is 11.6. The molecular weight excluding hydrogens is 446 g/mol. The van der Waals surface area contributed by atoms with Crippen molar-refractivity contribution in [2.45, 2.75) is 6.54 Å². The van der Waals surface area contributed by atoms with Crippen molar-refractivity contribution in [1.29, 1.82) is 0 Å². The maximum absolute atomic E-state index is 11.6. The number of benzene rings is 2. The van der Waals surface area contributed by atoms with Crippen LogP contribution in [0.25, 0.3) is 10.9 Å². The van der Waals surface area contributed by atoms with Gasteiger partial charge in [0.05, 0.1) is 32.4 Å². The first kappa shape index (κ1) is 24.3. The number of aromatic nitrogens is 2. The van der Waals surface area contributed by atoms with Crippen LogP contribution in [0.3, 0.4) is 0 Å². The van der Waals surface area contributed by atoms with Gasteiger partial charge < -0.3 is 24.8 Å². The van der Waals surface area contributed by atoms with Gasteiger partial charge in [-0.1, -0.05) is 12.1 Å². The molecule has 1 aliphatic heterocycles. The highest BCUT2D eigenvalue weighted by molar-refractivity contribution is 5.92. The Hall–Kier alpha value is -3.30. The number of nitrogens with two attached hydrogens (primary N) is 1. The van der Waals surface area contributed by atoms with E-state index in [9.17, 15) is 4.79 Å². The Morgan fingerprint density at radius 1 is 0.970 bits per heavy atom. The minimum absolute atomic E-state index is 0. The number of hydrogen-bond acceptors (Lipinski definition) is 9. The molecule has 0 amide bonds. The third-order valence-corrected chi connectivity index (χ3v) is 5.66. The highest BCUT2D eigenvalue weighted by atomic mass is 35.5. The number of fused-ring (bicyclic) bond motifs is 1. The number of halogens is 1. The lowest BCUT2D eigenvalue weighted by atomic mass is 10.1. The molecule has 0 atom stereocenters. The van der Waals surface area contributed by atoms with Crippen molar-refractivity contribution in [2.75, 3.05) is 58.1 Å². The maximum Gasteiger partial charge on any atom is 0.337 e. The number of methoxy groups -OCH3 is 3. The topological polar surface area (TPSA) is 103 Å². The molecule has 0 aliphatic carbocycles. The molecule has 1 aliphatic rings. The van der Waals surface area contributed by atoms with E-state index < -0.39 is 0 Å². The highest BCUT2D eigenvalue weighted by Gasteiger charge is 2.21. The standard InChI is InChI=1S/C23H27N5O4.ClH/c1-30-19-12-17-18(13-20(19)31-2)25-23(26-21(17)24)28-10-8-27(9-11-28)14-15-4-6-16(7-5-15)22(29)32-3;/h4-7,12-13H,8-11,14H2,1-3H3,(H2,24,25,26);1H. The summed E-state index contributed by atoms with van der Waals surface area (Å²) in [5, 5.41) is 0.737. The number of carbonyl (C=O) groups excluding carboxylic acids is 1. The van der Waals surface area contributed by atoms with Gasteiger partial charge in [-0.25, -0.2) is 9.78 Å². The minimum atomic E-state index is -0.323. The number of esters is 1. The molecule has 0 spiro atoms. The van der Waals surface area contributed by atoms with Crippen LogP contribution in [-0.2, 0) is 11.3 Å². The molecule has 0 unspecified atom stereocenters. The average molecular weight is 474 g/mol. The van der Waals surface area contributed by atoms with Gasteiger partial charge in [-0.05, 0) is 23.8 Å². The van der Waals surface area contributed by atoms with Gasteiger partial charge in [0.25, 0.3) is 0 Å². The first-order chi connectivity index (χ1) is 15.5. The normalized spacial score (nSPS) is 14.0. The lowest BCUT2D eigenvalue weighted by molar-refractivity contribution is 0.0600. The molecule has 4 rings (SSSR count). The number of anilines is 2. The zero-order chi connectivity index (χ0) is 22.7. The highest BCUT2D eigenvalue weighted by Crippen LogP contribution is 2.34. The Kier molecular flexibility index (Phi) is 7.78. The number of hydrogen-bond donors (Lipinski definition) is 1. The average Bonchev–Trinajstić information content (AvgIpc) is 2.83. The monoisotopic (exact) mass is 473 g/mol. The van der Waals surface area contributed by atoms with Crippen molar-refractivity contribution in [2.24, 2.45) is 0 Å². The first-order valence-corrected chi connectivity index (χ1v) is 10.4. The van der Waals surface area contributed by atoms with Gasteiger partial charge >= 0.3 is 5.97 Å². The van der Waals surface area contributed by atoms with Gasteiger partial charge in [0, 0.05) is 44.2 Å². The van der Waals surface area contributed by atoms with Crippen LogP contribution in [0.5, 0.6) is 11.5 Å². The zero-order valence-electron chi connectivity index (χ0n) is 18.9. The van der Waals surface area contributed by atoms with Gasteiger partial charge in [-0.15, -0.1) is 12.4 Å². The molecule has 1 saturated heterocycles.